The second kappa shape index (κ2) is 17.0. The van der Waals surface area contributed by atoms with Crippen LogP contribution in [-0.4, -0.2) is 17.8 Å². The quantitative estimate of drug-likeness (QED) is 0.120. The minimum Gasteiger partial charge on any atom is -0.485 e. The Morgan fingerprint density at radius 3 is 2.42 bits per heavy atom. The molecule has 5 nitrogen and oxygen atoms in total. The maximum Gasteiger partial charge on any atom is 0.297 e. The first-order chi connectivity index (χ1) is 18.3. The average molecular weight is 525 g/mol. The van der Waals surface area contributed by atoms with E-state index in [-0.39, 0.29) is 5.56 Å². The maximum absolute atomic E-state index is 13.8. The number of nitrogens with two attached hydrogens (primary N) is 1. The number of hydrogen-bond donors (Lipinski definition) is 1. The third kappa shape index (κ3) is 10.2. The zero-order chi connectivity index (χ0) is 27.9. The number of fused-ring (bicyclic) bond motifs is 1. The number of ether oxygens (including phenoxy) is 2. The van der Waals surface area contributed by atoms with Gasteiger partial charge in [0, 0.05) is 17.6 Å². The van der Waals surface area contributed by atoms with Crippen LogP contribution in [0.5, 0.6) is 11.5 Å². The van der Waals surface area contributed by atoms with E-state index < -0.39 is 0 Å². The van der Waals surface area contributed by atoms with Gasteiger partial charge in [-0.2, -0.15) is 0 Å². The van der Waals surface area contributed by atoms with Gasteiger partial charge in [0.15, 0.2) is 5.75 Å². The first-order valence-electron chi connectivity index (χ1n) is 14.8. The van der Waals surface area contributed by atoms with Gasteiger partial charge in [-0.3, -0.25) is 4.79 Å². The molecule has 0 saturated carbocycles. The van der Waals surface area contributed by atoms with E-state index in [0.29, 0.717) is 42.9 Å². The lowest BCUT2D eigenvalue weighted by Crippen LogP contribution is -2.25. The second-order valence-electron chi connectivity index (χ2n) is 11.0. The largest absolute Gasteiger partial charge is 0.485 e. The summed E-state index contributed by atoms with van der Waals surface area (Å²) in [5.74, 6) is 1.21. The fourth-order valence-corrected chi connectivity index (χ4v) is 4.72. The molecule has 0 aliphatic rings. The maximum atomic E-state index is 13.8. The zero-order valence-electron chi connectivity index (χ0n) is 24.9. The summed E-state index contributed by atoms with van der Waals surface area (Å²) in [6.07, 6.45) is 15.5. The first kappa shape index (κ1) is 31.5. The van der Waals surface area contributed by atoms with Crippen molar-refractivity contribution in [2.45, 2.75) is 112 Å². The van der Waals surface area contributed by atoms with Crippen LogP contribution in [0.4, 0.5) is 5.69 Å². The van der Waals surface area contributed by atoms with Crippen LogP contribution < -0.4 is 20.8 Å². The Kier molecular flexibility index (Phi) is 14.1. The normalized spacial score (nSPS) is 12.5. The molecule has 0 radical (unpaired) electrons. The van der Waals surface area contributed by atoms with Gasteiger partial charge in [0.1, 0.15) is 6.61 Å². The molecule has 2 rings (SSSR count). The summed E-state index contributed by atoms with van der Waals surface area (Å²) in [7, 11) is 0. The number of nitrogen functional groups attached to an aromatic ring is 1. The molecule has 1 heterocycles. The molecule has 212 valence electrons. The van der Waals surface area contributed by atoms with Gasteiger partial charge >= 0.3 is 0 Å². The number of rotatable bonds is 18. The van der Waals surface area contributed by atoms with E-state index in [9.17, 15) is 4.79 Å². The van der Waals surface area contributed by atoms with Crippen LogP contribution in [0.2, 0.25) is 0 Å². The van der Waals surface area contributed by atoms with Crippen LogP contribution >= 0.6 is 0 Å². The van der Waals surface area contributed by atoms with Gasteiger partial charge in [-0.25, -0.2) is 0 Å². The summed E-state index contributed by atoms with van der Waals surface area (Å²) in [6, 6.07) is 5.73. The number of anilines is 1. The molecule has 2 aromatic rings. The van der Waals surface area contributed by atoms with Gasteiger partial charge in [0.05, 0.1) is 12.1 Å². The van der Waals surface area contributed by atoms with Gasteiger partial charge in [0.25, 0.3) is 5.56 Å². The molecule has 1 aromatic carbocycles. The third-order valence-corrected chi connectivity index (χ3v) is 6.98. The van der Waals surface area contributed by atoms with Gasteiger partial charge < -0.3 is 19.8 Å². The summed E-state index contributed by atoms with van der Waals surface area (Å²) in [5.41, 5.74) is 10.1. The lowest BCUT2D eigenvalue weighted by Gasteiger charge is -2.20. The monoisotopic (exact) mass is 524 g/mol. The lowest BCUT2D eigenvalue weighted by molar-refractivity contribution is 0.233. The fraction of sp³-hybridized carbons (Fsp3) is 0.606. The Balaban J connectivity index is 2.39. The molecule has 0 aliphatic carbocycles. The number of unbranched alkanes of at least 4 members (excludes halogenated alkanes) is 5. The molecule has 0 spiro atoms. The number of aryl methyl sites for hydroxylation is 1. The van der Waals surface area contributed by atoms with Crippen LogP contribution in [-0.2, 0) is 6.54 Å². The topological polar surface area (TPSA) is 66.5 Å². The van der Waals surface area contributed by atoms with Crippen LogP contribution in [0, 0.1) is 5.92 Å². The van der Waals surface area contributed by atoms with Crippen LogP contribution in [0.1, 0.15) is 106 Å². The fourth-order valence-electron chi connectivity index (χ4n) is 4.72. The van der Waals surface area contributed by atoms with Crippen molar-refractivity contribution in [1.82, 2.24) is 4.57 Å². The summed E-state index contributed by atoms with van der Waals surface area (Å²) in [5, 5.41) is 0.874. The first-order valence-corrected chi connectivity index (χ1v) is 14.8. The van der Waals surface area contributed by atoms with Crippen molar-refractivity contribution in [3.63, 3.8) is 0 Å². The summed E-state index contributed by atoms with van der Waals surface area (Å²) in [6.45, 7) is 14.5. The molecule has 1 atom stereocenters. The van der Waals surface area contributed by atoms with Crippen molar-refractivity contribution in [3.05, 3.63) is 51.9 Å². The Morgan fingerprint density at radius 2 is 1.71 bits per heavy atom. The Hall–Kier alpha value is -2.69. The summed E-state index contributed by atoms with van der Waals surface area (Å²) in [4.78, 5) is 13.8. The molecule has 5 heteroatoms. The molecule has 38 heavy (non-hydrogen) atoms. The van der Waals surface area contributed by atoms with Crippen molar-refractivity contribution in [3.8, 4) is 11.5 Å². The number of hydrogen-bond acceptors (Lipinski definition) is 4. The average Bonchev–Trinajstić information content (AvgIpc) is 2.87. The van der Waals surface area contributed by atoms with E-state index in [1.54, 1.807) is 0 Å². The van der Waals surface area contributed by atoms with Crippen molar-refractivity contribution in [1.29, 1.82) is 0 Å². The number of benzene rings is 1. The highest BCUT2D eigenvalue weighted by molar-refractivity contribution is 5.90. The highest BCUT2D eigenvalue weighted by Gasteiger charge is 2.20. The van der Waals surface area contributed by atoms with Crippen LogP contribution in [0.3, 0.4) is 0 Å². The SMILES string of the molecule is CCCCCCCCn1c(=O)c(OCC(C)CCC)c(OC/C=C(\C)CCC=C(C)C)c2ccc(N)cc21. The minimum atomic E-state index is -0.125. The minimum absolute atomic E-state index is 0.125. The van der Waals surface area contributed by atoms with Gasteiger partial charge in [-0.05, 0) is 76.6 Å². The molecular weight excluding hydrogens is 472 g/mol. The smallest absolute Gasteiger partial charge is 0.297 e. The summed E-state index contributed by atoms with van der Waals surface area (Å²) < 4.78 is 14.4. The standard InChI is InChI=1S/C33H52N2O3/c1-7-9-10-11-12-13-21-35-30-23-28(34)18-19-29(30)31(32(33(35)36)38-24-27(6)15-8-2)37-22-20-26(5)17-14-16-25(3)4/h16,18-20,23,27H,7-15,17,21-22,24,34H2,1-6H3/b26-20+. The second-order valence-corrected chi connectivity index (χ2v) is 11.0. The summed E-state index contributed by atoms with van der Waals surface area (Å²) >= 11 is 0. The van der Waals surface area contributed by atoms with Crippen molar-refractivity contribution in [2.75, 3.05) is 18.9 Å². The Morgan fingerprint density at radius 1 is 0.974 bits per heavy atom. The van der Waals surface area contributed by atoms with Gasteiger partial charge in [-0.15, -0.1) is 0 Å². The molecule has 0 saturated heterocycles. The number of nitrogens with zero attached hydrogens (tertiary/aromatic N) is 1. The predicted molar refractivity (Wildman–Crippen MR) is 163 cm³/mol. The lowest BCUT2D eigenvalue weighted by atomic mass is 10.1. The molecular formula is C33H52N2O3. The van der Waals surface area contributed by atoms with Crippen molar-refractivity contribution >= 4 is 16.6 Å². The van der Waals surface area contributed by atoms with Crippen LogP contribution in [0.25, 0.3) is 10.9 Å². The Labute approximate surface area is 231 Å². The van der Waals surface area contributed by atoms with Crippen LogP contribution in [0.15, 0.2) is 46.3 Å². The molecule has 0 aliphatic heterocycles. The van der Waals surface area contributed by atoms with E-state index >= 15 is 0 Å². The number of aromatic nitrogens is 1. The Bertz CT molecular complexity index is 1110. The molecule has 1 unspecified atom stereocenters. The van der Waals surface area contributed by atoms with Crippen molar-refractivity contribution in [2.24, 2.45) is 5.92 Å². The molecule has 0 fully saturated rings. The molecule has 0 bridgehead atoms. The molecule has 2 N–H and O–H groups in total. The third-order valence-electron chi connectivity index (χ3n) is 6.98. The highest BCUT2D eigenvalue weighted by atomic mass is 16.5. The zero-order valence-corrected chi connectivity index (χ0v) is 24.9. The highest BCUT2D eigenvalue weighted by Crippen LogP contribution is 2.34. The van der Waals surface area contributed by atoms with Gasteiger partial charge in [0.2, 0.25) is 5.75 Å². The molecule has 0 amide bonds. The molecule has 1 aromatic heterocycles. The van der Waals surface area contributed by atoms with E-state index in [4.69, 9.17) is 15.2 Å². The van der Waals surface area contributed by atoms with E-state index in [2.05, 4.69) is 53.7 Å². The number of allylic oxidation sites excluding steroid dienone is 3. The predicted octanol–water partition coefficient (Wildman–Crippen LogP) is 8.83. The van der Waals surface area contributed by atoms with E-state index in [0.717, 1.165) is 49.4 Å². The van der Waals surface area contributed by atoms with Gasteiger partial charge in [-0.1, -0.05) is 76.5 Å². The van der Waals surface area contributed by atoms with E-state index in [1.807, 2.05) is 22.8 Å². The van der Waals surface area contributed by atoms with E-state index in [1.165, 1.54) is 36.8 Å². The number of pyridine rings is 1. The van der Waals surface area contributed by atoms with Crippen molar-refractivity contribution < 1.29 is 9.47 Å².